The monoisotopic (exact) mass is 389 g/mol. The van der Waals surface area contributed by atoms with Gasteiger partial charge in [0.1, 0.15) is 5.75 Å². The molecule has 0 unspecified atom stereocenters. The van der Waals surface area contributed by atoms with E-state index >= 15 is 0 Å². The van der Waals surface area contributed by atoms with Gasteiger partial charge in [-0.25, -0.2) is 0 Å². The summed E-state index contributed by atoms with van der Waals surface area (Å²) in [5.74, 6) is 1.47. The van der Waals surface area contributed by atoms with E-state index in [1.807, 2.05) is 19.1 Å². The lowest BCUT2D eigenvalue weighted by Crippen LogP contribution is -2.13. The van der Waals surface area contributed by atoms with Crippen LogP contribution in [-0.2, 0) is 13.1 Å². The van der Waals surface area contributed by atoms with E-state index in [1.165, 1.54) is 6.39 Å². The molecular weight excluding hydrogens is 378 g/mol. The number of nitrogens with one attached hydrogen (secondary N) is 1. The average Bonchev–Trinajstić information content (AvgIpc) is 2.87. The summed E-state index contributed by atoms with van der Waals surface area (Å²) in [5.41, 5.74) is 1.13. The van der Waals surface area contributed by atoms with Crippen molar-refractivity contribution in [2.75, 3.05) is 6.61 Å². The van der Waals surface area contributed by atoms with Gasteiger partial charge in [-0.05, 0) is 56.5 Å². The van der Waals surface area contributed by atoms with E-state index < -0.39 is 0 Å². The van der Waals surface area contributed by atoms with Crippen LogP contribution in [0.15, 0.2) is 32.0 Å². The van der Waals surface area contributed by atoms with E-state index in [0.717, 1.165) is 20.3 Å². The normalized spacial score (nSPS) is 10.7. The Morgan fingerprint density at radius 2 is 2.00 bits per heavy atom. The van der Waals surface area contributed by atoms with Gasteiger partial charge in [0, 0.05) is 6.54 Å². The van der Waals surface area contributed by atoms with Gasteiger partial charge in [-0.2, -0.15) is 4.98 Å². The molecule has 1 N–H and O–H groups in total. The van der Waals surface area contributed by atoms with E-state index in [0.29, 0.717) is 25.5 Å². The minimum absolute atomic E-state index is 0.568. The number of aromatic nitrogens is 2. The lowest BCUT2D eigenvalue weighted by atomic mass is 10.2. The zero-order valence-corrected chi connectivity index (χ0v) is 13.5. The molecule has 0 saturated heterocycles. The highest BCUT2D eigenvalue weighted by atomic mass is 79.9. The molecule has 0 fully saturated rings. The van der Waals surface area contributed by atoms with Crippen LogP contribution >= 0.6 is 31.9 Å². The SMILES string of the molecule is CCOc1c(Br)cc(CNCc2ncon2)cc1Br. The van der Waals surface area contributed by atoms with Crippen LogP contribution < -0.4 is 10.1 Å². The summed E-state index contributed by atoms with van der Waals surface area (Å²) in [7, 11) is 0. The Kier molecular flexibility index (Phi) is 5.35. The van der Waals surface area contributed by atoms with Crippen molar-refractivity contribution in [3.63, 3.8) is 0 Å². The Morgan fingerprint density at radius 3 is 2.58 bits per heavy atom. The molecule has 0 atom stereocenters. The Bertz CT molecular complexity index is 509. The minimum Gasteiger partial charge on any atom is -0.492 e. The lowest BCUT2D eigenvalue weighted by molar-refractivity contribution is 0.336. The summed E-state index contributed by atoms with van der Waals surface area (Å²) in [5, 5.41) is 6.98. The summed E-state index contributed by atoms with van der Waals surface area (Å²) in [6, 6.07) is 4.05. The molecule has 102 valence electrons. The largest absolute Gasteiger partial charge is 0.492 e. The molecule has 0 saturated carbocycles. The molecule has 0 aliphatic carbocycles. The van der Waals surface area contributed by atoms with Crippen LogP contribution in [0.4, 0.5) is 0 Å². The van der Waals surface area contributed by atoms with E-state index in [-0.39, 0.29) is 0 Å². The molecule has 2 rings (SSSR count). The van der Waals surface area contributed by atoms with Crippen LogP contribution in [0, 0.1) is 0 Å². The van der Waals surface area contributed by atoms with Gasteiger partial charge in [0.05, 0.1) is 22.1 Å². The standard InChI is InChI=1S/C12H13Br2N3O2/c1-2-18-12-9(13)3-8(4-10(12)14)5-15-6-11-16-7-19-17-11/h3-4,7,15H,2,5-6H2,1H3. The highest BCUT2D eigenvalue weighted by Gasteiger charge is 2.08. The Morgan fingerprint density at radius 1 is 1.26 bits per heavy atom. The predicted molar refractivity (Wildman–Crippen MR) is 77.9 cm³/mol. The van der Waals surface area contributed by atoms with Crippen molar-refractivity contribution in [2.24, 2.45) is 0 Å². The topological polar surface area (TPSA) is 60.2 Å². The highest BCUT2D eigenvalue weighted by molar-refractivity contribution is 9.11. The molecule has 0 amide bonds. The van der Waals surface area contributed by atoms with Crippen LogP contribution in [0.5, 0.6) is 5.75 Å². The van der Waals surface area contributed by atoms with Crippen molar-refractivity contribution in [2.45, 2.75) is 20.0 Å². The van der Waals surface area contributed by atoms with E-state index in [1.54, 1.807) is 0 Å². The number of benzene rings is 1. The zero-order valence-electron chi connectivity index (χ0n) is 10.3. The summed E-state index contributed by atoms with van der Waals surface area (Å²) in [6.07, 6.45) is 1.32. The van der Waals surface area contributed by atoms with Crippen molar-refractivity contribution >= 4 is 31.9 Å². The van der Waals surface area contributed by atoms with E-state index in [4.69, 9.17) is 4.74 Å². The number of hydrogen-bond acceptors (Lipinski definition) is 5. The third-order valence-electron chi connectivity index (χ3n) is 2.37. The lowest BCUT2D eigenvalue weighted by Gasteiger charge is -2.11. The van der Waals surface area contributed by atoms with Crippen molar-refractivity contribution in [3.05, 3.63) is 38.9 Å². The molecule has 7 heteroatoms. The fraction of sp³-hybridized carbons (Fsp3) is 0.333. The molecule has 0 aliphatic heterocycles. The average molecular weight is 391 g/mol. The van der Waals surface area contributed by atoms with Gasteiger partial charge in [0.25, 0.3) is 0 Å². The Hall–Kier alpha value is -0.920. The van der Waals surface area contributed by atoms with Gasteiger partial charge in [0.15, 0.2) is 5.82 Å². The molecular formula is C12H13Br2N3O2. The maximum absolute atomic E-state index is 5.54. The third-order valence-corrected chi connectivity index (χ3v) is 3.54. The summed E-state index contributed by atoms with van der Waals surface area (Å²) in [4.78, 5) is 3.94. The molecule has 5 nitrogen and oxygen atoms in total. The van der Waals surface area contributed by atoms with Gasteiger partial charge in [-0.15, -0.1) is 0 Å². The predicted octanol–water partition coefficient (Wildman–Crippen LogP) is 3.28. The van der Waals surface area contributed by atoms with Crippen molar-refractivity contribution in [3.8, 4) is 5.75 Å². The number of ether oxygens (including phenoxy) is 1. The number of hydrogen-bond donors (Lipinski definition) is 1. The minimum atomic E-state index is 0.568. The van der Waals surface area contributed by atoms with E-state index in [9.17, 15) is 0 Å². The van der Waals surface area contributed by atoms with Crippen molar-refractivity contribution < 1.29 is 9.26 Å². The van der Waals surface area contributed by atoms with Crippen LogP contribution in [0.2, 0.25) is 0 Å². The first-order valence-electron chi connectivity index (χ1n) is 5.77. The summed E-state index contributed by atoms with van der Waals surface area (Å²) in [6.45, 7) is 3.86. The summed E-state index contributed by atoms with van der Waals surface area (Å²) >= 11 is 7.01. The van der Waals surface area contributed by atoms with Crippen LogP contribution in [-0.4, -0.2) is 16.7 Å². The maximum Gasteiger partial charge on any atom is 0.213 e. The van der Waals surface area contributed by atoms with Crippen LogP contribution in [0.3, 0.4) is 0 Å². The number of halogens is 2. The second-order valence-electron chi connectivity index (χ2n) is 3.77. The first kappa shape index (κ1) is 14.5. The van der Waals surface area contributed by atoms with Crippen LogP contribution in [0.25, 0.3) is 0 Å². The molecule has 0 radical (unpaired) electrons. The number of rotatable bonds is 6. The third kappa shape index (κ3) is 4.02. The Balaban J connectivity index is 1.97. The molecule has 0 spiro atoms. The Labute approximate surface area is 128 Å². The van der Waals surface area contributed by atoms with Gasteiger partial charge in [-0.3, -0.25) is 0 Å². The van der Waals surface area contributed by atoms with Gasteiger partial charge < -0.3 is 14.6 Å². The summed E-state index contributed by atoms with van der Waals surface area (Å²) < 4.78 is 12.1. The maximum atomic E-state index is 5.54. The molecule has 19 heavy (non-hydrogen) atoms. The smallest absolute Gasteiger partial charge is 0.213 e. The van der Waals surface area contributed by atoms with Crippen molar-refractivity contribution in [1.29, 1.82) is 0 Å². The second-order valence-corrected chi connectivity index (χ2v) is 5.48. The highest BCUT2D eigenvalue weighted by Crippen LogP contribution is 2.34. The van der Waals surface area contributed by atoms with Crippen LogP contribution in [0.1, 0.15) is 18.3 Å². The molecule has 0 bridgehead atoms. The van der Waals surface area contributed by atoms with Gasteiger partial charge in [0.2, 0.25) is 6.39 Å². The molecule has 1 aromatic heterocycles. The number of nitrogens with zero attached hydrogens (tertiary/aromatic N) is 2. The molecule has 1 heterocycles. The fourth-order valence-corrected chi connectivity index (χ4v) is 3.10. The second kappa shape index (κ2) is 7.02. The van der Waals surface area contributed by atoms with Gasteiger partial charge >= 0.3 is 0 Å². The quantitative estimate of drug-likeness (QED) is 0.819. The van der Waals surface area contributed by atoms with Crippen molar-refractivity contribution in [1.82, 2.24) is 15.5 Å². The first-order chi connectivity index (χ1) is 9.20. The zero-order chi connectivity index (χ0) is 13.7. The van der Waals surface area contributed by atoms with Gasteiger partial charge in [-0.1, -0.05) is 5.16 Å². The molecule has 0 aliphatic rings. The molecule has 2 aromatic rings. The van der Waals surface area contributed by atoms with E-state index in [2.05, 4.69) is 51.8 Å². The fourth-order valence-electron chi connectivity index (χ4n) is 1.59. The first-order valence-corrected chi connectivity index (χ1v) is 7.36. The molecule has 1 aromatic carbocycles.